The highest BCUT2D eigenvalue weighted by Gasteiger charge is 2.12. The van der Waals surface area contributed by atoms with E-state index in [0.717, 1.165) is 16.3 Å². The average molecular weight is 573 g/mol. The first-order valence-electron chi connectivity index (χ1n) is 10.3. The van der Waals surface area contributed by atoms with Gasteiger partial charge in [-0.05, 0) is 53.2 Å². The Hall–Kier alpha value is -1.85. The molecule has 0 aliphatic heterocycles. The van der Waals surface area contributed by atoms with E-state index in [1.807, 2.05) is 52.0 Å². The molecule has 9 heteroatoms. The summed E-state index contributed by atoms with van der Waals surface area (Å²) in [6.07, 6.45) is 0.258. The smallest absolute Gasteiger partial charge is 0.235 e. The number of rotatable bonds is 8. The maximum Gasteiger partial charge on any atom is 0.235 e. The molecule has 0 saturated heterocycles. The van der Waals surface area contributed by atoms with Gasteiger partial charge in [0.1, 0.15) is 0 Å². The highest BCUT2D eigenvalue weighted by Crippen LogP contribution is 2.18. The summed E-state index contributed by atoms with van der Waals surface area (Å²) in [5.41, 5.74) is 1.01. The molecule has 0 aromatic heterocycles. The Kier molecular flexibility index (Phi) is 12.6. The number of carbonyl (C=O) groups excluding carboxylic acids is 3. The van der Waals surface area contributed by atoms with Crippen LogP contribution in [-0.2, 0) is 20.9 Å². The molecule has 4 N–H and O–H groups in total. The summed E-state index contributed by atoms with van der Waals surface area (Å²) < 4.78 is 2.86. The van der Waals surface area contributed by atoms with Gasteiger partial charge in [-0.15, -0.1) is 0 Å². The first-order valence-corrected chi connectivity index (χ1v) is 13.7. The molecule has 2 aromatic carbocycles. The standard InChI is InChI=1S/C17H20IN3O2S.C6H13NO/c1-12(21-17(23)11-20-24-18)9-16(22)19-10-14-7-4-6-13-5-2-3-8-15(13)14;1-5(8)7-6(2,3)4/h2-8,12,20H,9-11H2,1H3,(H,19,22)(H,21,23);1-4H3,(H,7,8). The fourth-order valence-electron chi connectivity index (χ4n) is 2.99. The number of halogens is 1. The third-order valence-corrected chi connectivity index (χ3v) is 5.28. The number of benzene rings is 2. The molecule has 0 heterocycles. The van der Waals surface area contributed by atoms with E-state index in [1.165, 1.54) is 16.0 Å². The van der Waals surface area contributed by atoms with Crippen molar-refractivity contribution in [3.63, 3.8) is 0 Å². The molecule has 0 spiro atoms. The topological polar surface area (TPSA) is 99.3 Å². The molecule has 1 atom stereocenters. The Bertz CT molecular complexity index is 897. The molecule has 32 heavy (non-hydrogen) atoms. The highest BCUT2D eigenvalue weighted by atomic mass is 127. The van der Waals surface area contributed by atoms with Crippen molar-refractivity contribution < 1.29 is 14.4 Å². The van der Waals surface area contributed by atoms with Crippen molar-refractivity contribution in [1.29, 1.82) is 0 Å². The molecule has 0 bridgehead atoms. The quantitative estimate of drug-likeness (QED) is 0.285. The van der Waals surface area contributed by atoms with E-state index in [2.05, 4.69) is 60.1 Å². The van der Waals surface area contributed by atoms with Gasteiger partial charge in [0.25, 0.3) is 0 Å². The van der Waals surface area contributed by atoms with E-state index in [1.54, 1.807) is 0 Å². The number of carbonyl (C=O) groups is 3. The van der Waals surface area contributed by atoms with E-state index >= 15 is 0 Å². The maximum absolute atomic E-state index is 12.1. The predicted molar refractivity (Wildman–Crippen MR) is 141 cm³/mol. The zero-order valence-corrected chi connectivity index (χ0v) is 22.2. The SMILES string of the molecule is CC(=O)NC(C)(C)C.CC(CC(=O)NCc1cccc2ccccc12)NC(=O)CNSI. The monoisotopic (exact) mass is 572 g/mol. The second-order valence-electron chi connectivity index (χ2n) is 8.42. The fourth-order valence-corrected chi connectivity index (χ4v) is 3.64. The second kappa shape index (κ2) is 14.3. The number of hydrogen-bond donors (Lipinski definition) is 4. The molecule has 2 aromatic rings. The van der Waals surface area contributed by atoms with Crippen molar-refractivity contribution >= 4 is 58.8 Å². The van der Waals surface area contributed by atoms with Crippen LogP contribution >= 0.6 is 30.3 Å². The molecule has 3 amide bonds. The van der Waals surface area contributed by atoms with Crippen LogP contribution in [0.4, 0.5) is 0 Å². The van der Waals surface area contributed by atoms with Crippen LogP contribution in [0.5, 0.6) is 0 Å². The Morgan fingerprint density at radius 2 is 1.69 bits per heavy atom. The van der Waals surface area contributed by atoms with E-state index in [9.17, 15) is 14.4 Å². The van der Waals surface area contributed by atoms with Gasteiger partial charge in [0, 0.05) is 52.7 Å². The Labute approximate surface area is 207 Å². The van der Waals surface area contributed by atoms with Crippen LogP contribution in [0.15, 0.2) is 42.5 Å². The molecule has 0 aliphatic rings. The Morgan fingerprint density at radius 1 is 1.03 bits per heavy atom. The Balaban J connectivity index is 0.000000547. The van der Waals surface area contributed by atoms with Crippen molar-refractivity contribution in [2.45, 2.75) is 59.2 Å². The minimum Gasteiger partial charge on any atom is -0.352 e. The van der Waals surface area contributed by atoms with Crippen molar-refractivity contribution in [2.24, 2.45) is 0 Å². The van der Waals surface area contributed by atoms with Crippen LogP contribution in [0.25, 0.3) is 10.8 Å². The molecule has 0 fully saturated rings. The molecule has 176 valence electrons. The molecular weight excluding hydrogens is 539 g/mol. The van der Waals surface area contributed by atoms with Crippen LogP contribution in [-0.4, -0.2) is 35.8 Å². The van der Waals surface area contributed by atoms with Gasteiger partial charge in [-0.1, -0.05) is 42.5 Å². The number of amides is 3. The summed E-state index contributed by atoms with van der Waals surface area (Å²) in [7, 11) is 1.36. The van der Waals surface area contributed by atoms with Gasteiger partial charge in [-0.25, -0.2) is 4.72 Å². The van der Waals surface area contributed by atoms with E-state index in [-0.39, 0.29) is 42.3 Å². The molecular formula is C23H33IN4O3S. The van der Waals surface area contributed by atoms with E-state index in [0.29, 0.717) is 6.54 Å². The summed E-state index contributed by atoms with van der Waals surface area (Å²) in [5.74, 6) is -0.169. The van der Waals surface area contributed by atoms with Gasteiger partial charge in [0.05, 0.1) is 6.54 Å². The highest BCUT2D eigenvalue weighted by molar-refractivity contribution is 14.2. The van der Waals surface area contributed by atoms with Crippen molar-refractivity contribution in [3.8, 4) is 0 Å². The fraction of sp³-hybridized carbons (Fsp3) is 0.435. The van der Waals surface area contributed by atoms with Crippen molar-refractivity contribution in [2.75, 3.05) is 6.54 Å². The van der Waals surface area contributed by atoms with Crippen LogP contribution in [0.2, 0.25) is 0 Å². The zero-order chi connectivity index (χ0) is 24.1. The van der Waals surface area contributed by atoms with Gasteiger partial charge in [-0.2, -0.15) is 0 Å². The molecule has 1 unspecified atom stereocenters. The lowest BCUT2D eigenvalue weighted by Crippen LogP contribution is -2.40. The van der Waals surface area contributed by atoms with E-state index in [4.69, 9.17) is 0 Å². The van der Waals surface area contributed by atoms with Crippen molar-refractivity contribution in [1.82, 2.24) is 20.7 Å². The van der Waals surface area contributed by atoms with E-state index < -0.39 is 0 Å². The third kappa shape index (κ3) is 12.3. The van der Waals surface area contributed by atoms with Crippen LogP contribution in [0.1, 0.15) is 46.6 Å². The second-order valence-corrected chi connectivity index (χ2v) is 10.2. The zero-order valence-electron chi connectivity index (χ0n) is 19.3. The summed E-state index contributed by atoms with van der Waals surface area (Å²) in [6.45, 7) is 9.92. The molecule has 0 aliphatic carbocycles. The lowest BCUT2D eigenvalue weighted by Gasteiger charge is -2.18. The van der Waals surface area contributed by atoms with Gasteiger partial charge >= 0.3 is 0 Å². The summed E-state index contributed by atoms with van der Waals surface area (Å²) >= 11 is 2.06. The number of hydrogen-bond acceptors (Lipinski definition) is 5. The minimum atomic E-state index is -0.203. The van der Waals surface area contributed by atoms with Crippen LogP contribution in [0, 0.1) is 0 Å². The van der Waals surface area contributed by atoms with Crippen LogP contribution < -0.4 is 20.7 Å². The molecule has 0 radical (unpaired) electrons. The maximum atomic E-state index is 12.1. The minimum absolute atomic E-state index is 0.0255. The predicted octanol–water partition coefficient (Wildman–Crippen LogP) is 3.86. The van der Waals surface area contributed by atoms with Gasteiger partial charge in [0.2, 0.25) is 17.7 Å². The first-order chi connectivity index (χ1) is 15.0. The lowest BCUT2D eigenvalue weighted by molar-refractivity contribution is -0.123. The molecule has 0 saturated carbocycles. The van der Waals surface area contributed by atoms with Crippen LogP contribution in [0.3, 0.4) is 0 Å². The molecule has 2 rings (SSSR count). The summed E-state index contributed by atoms with van der Waals surface area (Å²) in [6, 6.07) is 14.0. The third-order valence-electron chi connectivity index (χ3n) is 4.09. The number of nitrogens with one attached hydrogen (secondary N) is 4. The van der Waals surface area contributed by atoms with Gasteiger partial charge in [-0.3, -0.25) is 14.4 Å². The van der Waals surface area contributed by atoms with Crippen molar-refractivity contribution in [3.05, 3.63) is 48.0 Å². The largest absolute Gasteiger partial charge is 0.352 e. The number of fused-ring (bicyclic) bond motifs is 1. The Morgan fingerprint density at radius 3 is 2.28 bits per heavy atom. The van der Waals surface area contributed by atoms with Gasteiger partial charge in [0.15, 0.2) is 0 Å². The first kappa shape index (κ1) is 28.2. The summed E-state index contributed by atoms with van der Waals surface area (Å²) in [5, 5.41) is 10.8. The normalized spacial score (nSPS) is 11.7. The van der Waals surface area contributed by atoms with Gasteiger partial charge < -0.3 is 16.0 Å². The summed E-state index contributed by atoms with van der Waals surface area (Å²) in [4.78, 5) is 34.0. The average Bonchev–Trinajstić information content (AvgIpc) is 2.69. The molecule has 7 nitrogen and oxygen atoms in total. The lowest BCUT2D eigenvalue weighted by atomic mass is 10.0.